The van der Waals surface area contributed by atoms with Gasteiger partial charge in [0.05, 0.1) is 36.1 Å². The molecule has 1 aliphatic heterocycles. The lowest BCUT2D eigenvalue weighted by atomic mass is 10.0. The van der Waals surface area contributed by atoms with E-state index in [1.165, 1.54) is 18.5 Å². The molecule has 0 radical (unpaired) electrons. The van der Waals surface area contributed by atoms with Crippen LogP contribution in [0.5, 0.6) is 5.75 Å². The summed E-state index contributed by atoms with van der Waals surface area (Å²) in [6.45, 7) is 0.639. The van der Waals surface area contributed by atoms with Crippen molar-refractivity contribution >= 4 is 28.3 Å². The maximum Gasteiger partial charge on any atom is 0.186 e. The largest absolute Gasteiger partial charge is 0.495 e. The number of aromatic nitrogens is 4. The monoisotopic (exact) mass is 400 g/mol. The third-order valence-corrected chi connectivity index (χ3v) is 4.88. The number of anilines is 2. The Bertz CT molecular complexity index is 1290. The van der Waals surface area contributed by atoms with E-state index < -0.39 is 0 Å². The van der Waals surface area contributed by atoms with Gasteiger partial charge in [0.2, 0.25) is 0 Å². The van der Waals surface area contributed by atoms with E-state index in [1.54, 1.807) is 19.2 Å². The highest BCUT2D eigenvalue weighted by molar-refractivity contribution is 6.17. The average Bonchev–Trinajstić information content (AvgIpc) is 3.44. The molecule has 0 saturated carbocycles. The Kier molecular flexibility index (Phi) is 4.44. The third-order valence-electron chi connectivity index (χ3n) is 4.88. The van der Waals surface area contributed by atoms with Crippen molar-refractivity contribution in [1.29, 1.82) is 0 Å². The number of fused-ring (bicyclic) bond motifs is 1. The number of hydrogen-bond acceptors (Lipinski definition) is 6. The van der Waals surface area contributed by atoms with Gasteiger partial charge in [-0.15, -0.1) is 0 Å². The molecule has 0 fully saturated rings. The number of ether oxygens (including phenoxy) is 1. The van der Waals surface area contributed by atoms with Crippen LogP contribution in [-0.4, -0.2) is 39.5 Å². The van der Waals surface area contributed by atoms with Gasteiger partial charge in [0.25, 0.3) is 0 Å². The van der Waals surface area contributed by atoms with Gasteiger partial charge in [0.15, 0.2) is 5.65 Å². The van der Waals surface area contributed by atoms with Crippen molar-refractivity contribution in [3.05, 3.63) is 72.5 Å². The van der Waals surface area contributed by atoms with E-state index in [4.69, 9.17) is 4.74 Å². The quantitative estimate of drug-likeness (QED) is 0.522. The molecule has 4 aromatic rings. The molecular weight excluding hydrogens is 383 g/mol. The number of methoxy groups -OCH3 is 1. The molecule has 30 heavy (non-hydrogen) atoms. The summed E-state index contributed by atoms with van der Waals surface area (Å²) in [6, 6.07) is 12.1. The second kappa shape index (κ2) is 7.40. The van der Waals surface area contributed by atoms with E-state index in [2.05, 4.69) is 30.5 Å². The Hall–Kier alpha value is -4.07. The number of halogens is 1. The topological polar surface area (TPSA) is 88.1 Å². The molecule has 0 saturated heterocycles. The highest BCUT2D eigenvalue weighted by atomic mass is 19.1. The number of hydrogen-bond donors (Lipinski definition) is 2. The van der Waals surface area contributed by atoms with E-state index in [-0.39, 0.29) is 5.82 Å². The molecule has 1 aliphatic rings. The van der Waals surface area contributed by atoms with Crippen molar-refractivity contribution in [1.82, 2.24) is 20.2 Å². The summed E-state index contributed by atoms with van der Waals surface area (Å²) >= 11 is 0. The SMILES string of the molecule is COc1ccc(-c2ccc(F)cc2)cc1Nc1ncnc2n[nH]c(C3=NCC=C3)c12. The first-order valence-electron chi connectivity index (χ1n) is 9.34. The molecule has 7 nitrogen and oxygen atoms in total. The van der Waals surface area contributed by atoms with Crippen molar-refractivity contribution in [2.75, 3.05) is 19.0 Å². The first-order valence-corrected chi connectivity index (χ1v) is 9.34. The molecule has 2 aromatic carbocycles. The summed E-state index contributed by atoms with van der Waals surface area (Å²) in [4.78, 5) is 13.1. The maximum atomic E-state index is 13.3. The molecule has 8 heteroatoms. The molecule has 2 N–H and O–H groups in total. The second-order valence-electron chi connectivity index (χ2n) is 6.69. The van der Waals surface area contributed by atoms with Crippen LogP contribution < -0.4 is 10.1 Å². The Morgan fingerprint density at radius 3 is 2.67 bits per heavy atom. The molecule has 2 aromatic heterocycles. The highest BCUT2D eigenvalue weighted by Gasteiger charge is 2.18. The predicted molar refractivity (Wildman–Crippen MR) is 114 cm³/mol. The summed E-state index contributed by atoms with van der Waals surface area (Å²) in [5.74, 6) is 0.961. The van der Waals surface area contributed by atoms with Gasteiger partial charge in [-0.2, -0.15) is 5.10 Å². The standard InChI is InChI=1S/C22H17FN6O/c1-30-18-9-6-14(13-4-7-15(23)8-5-13)11-17(18)27-21-19-20(16-3-2-10-24-16)28-29-22(19)26-12-25-21/h2-9,11-12H,10H2,1H3,(H2,25,26,27,28,29). The minimum atomic E-state index is -0.273. The predicted octanol–water partition coefficient (Wildman–Crippen LogP) is 4.27. The van der Waals surface area contributed by atoms with Crippen LogP contribution >= 0.6 is 0 Å². The zero-order valence-corrected chi connectivity index (χ0v) is 16.1. The Morgan fingerprint density at radius 1 is 1.07 bits per heavy atom. The van der Waals surface area contributed by atoms with Crippen LogP contribution in [-0.2, 0) is 0 Å². The Morgan fingerprint density at radius 2 is 1.90 bits per heavy atom. The number of benzene rings is 2. The van der Waals surface area contributed by atoms with E-state index in [0.29, 0.717) is 23.8 Å². The zero-order chi connectivity index (χ0) is 20.5. The molecule has 0 bridgehead atoms. The van der Waals surface area contributed by atoms with E-state index >= 15 is 0 Å². The van der Waals surface area contributed by atoms with Crippen molar-refractivity contribution in [3.8, 4) is 16.9 Å². The molecule has 3 heterocycles. The van der Waals surface area contributed by atoms with Gasteiger partial charge in [-0.3, -0.25) is 10.1 Å². The molecule has 0 unspecified atom stereocenters. The smallest absolute Gasteiger partial charge is 0.186 e. The summed E-state index contributed by atoms with van der Waals surface area (Å²) in [6.07, 6.45) is 5.38. The number of aliphatic imine (C=N–C) groups is 1. The molecular formula is C22H17FN6O. The van der Waals surface area contributed by atoms with Crippen LogP contribution in [0.15, 0.2) is 65.9 Å². The van der Waals surface area contributed by atoms with Gasteiger partial charge in [0, 0.05) is 0 Å². The van der Waals surface area contributed by atoms with Crippen LogP contribution in [0.25, 0.3) is 22.2 Å². The molecule has 0 spiro atoms. The number of H-pyrrole nitrogens is 1. The fourth-order valence-corrected chi connectivity index (χ4v) is 3.42. The number of nitrogens with zero attached hydrogens (tertiary/aromatic N) is 4. The number of nitrogens with one attached hydrogen (secondary N) is 2. The molecule has 5 rings (SSSR count). The van der Waals surface area contributed by atoms with Gasteiger partial charge >= 0.3 is 0 Å². The van der Waals surface area contributed by atoms with E-state index in [0.717, 1.165) is 33.6 Å². The lowest BCUT2D eigenvalue weighted by Gasteiger charge is -2.13. The fraction of sp³-hybridized carbons (Fsp3) is 0.0909. The molecule has 0 amide bonds. The highest BCUT2D eigenvalue weighted by Crippen LogP contribution is 2.34. The number of rotatable bonds is 5. The number of allylic oxidation sites excluding steroid dienone is 1. The lowest BCUT2D eigenvalue weighted by Crippen LogP contribution is -2.01. The summed E-state index contributed by atoms with van der Waals surface area (Å²) in [5.41, 5.74) is 4.64. The van der Waals surface area contributed by atoms with Crippen molar-refractivity contribution in [2.45, 2.75) is 0 Å². The first kappa shape index (κ1) is 18.0. The lowest BCUT2D eigenvalue weighted by molar-refractivity contribution is 0.417. The minimum absolute atomic E-state index is 0.273. The molecule has 0 atom stereocenters. The zero-order valence-electron chi connectivity index (χ0n) is 16.1. The number of aromatic amines is 1. The summed E-state index contributed by atoms with van der Waals surface area (Å²) in [7, 11) is 1.61. The first-order chi connectivity index (χ1) is 14.7. The van der Waals surface area contributed by atoms with Gasteiger partial charge < -0.3 is 10.1 Å². The van der Waals surface area contributed by atoms with Crippen LogP contribution in [0.3, 0.4) is 0 Å². The second-order valence-corrected chi connectivity index (χ2v) is 6.69. The van der Waals surface area contributed by atoms with Crippen LogP contribution in [0.4, 0.5) is 15.9 Å². The van der Waals surface area contributed by atoms with Crippen molar-refractivity contribution < 1.29 is 9.13 Å². The van der Waals surface area contributed by atoms with Crippen LogP contribution in [0.1, 0.15) is 5.69 Å². The van der Waals surface area contributed by atoms with Crippen molar-refractivity contribution in [2.24, 2.45) is 4.99 Å². The summed E-state index contributed by atoms with van der Waals surface area (Å²) < 4.78 is 18.8. The van der Waals surface area contributed by atoms with E-state index in [1.807, 2.05) is 30.4 Å². The van der Waals surface area contributed by atoms with Gasteiger partial charge in [0.1, 0.15) is 23.7 Å². The van der Waals surface area contributed by atoms with E-state index in [9.17, 15) is 4.39 Å². The Labute approximate surface area is 171 Å². The third kappa shape index (κ3) is 3.18. The average molecular weight is 400 g/mol. The van der Waals surface area contributed by atoms with Crippen LogP contribution in [0.2, 0.25) is 0 Å². The summed E-state index contributed by atoms with van der Waals surface area (Å²) in [5, 5.41) is 11.4. The van der Waals surface area contributed by atoms with Crippen molar-refractivity contribution in [3.63, 3.8) is 0 Å². The maximum absolute atomic E-state index is 13.3. The minimum Gasteiger partial charge on any atom is -0.495 e. The van der Waals surface area contributed by atoms with Gasteiger partial charge in [-0.1, -0.05) is 24.3 Å². The molecule has 148 valence electrons. The van der Waals surface area contributed by atoms with Crippen LogP contribution in [0, 0.1) is 5.82 Å². The fourth-order valence-electron chi connectivity index (χ4n) is 3.42. The van der Waals surface area contributed by atoms with Gasteiger partial charge in [-0.05, 0) is 41.5 Å². The van der Waals surface area contributed by atoms with Gasteiger partial charge in [-0.25, -0.2) is 14.4 Å². The molecule has 0 aliphatic carbocycles. The Balaban J connectivity index is 1.59. The normalized spacial score (nSPS) is 12.9.